The number of nitrogens with two attached hydrogens (primary N) is 2. The molecule has 0 aliphatic heterocycles. The molecule has 10 heavy (non-hydrogen) atoms. The minimum absolute atomic E-state index is 0.602. The number of carbonyl (C=O) groups is 2. The molecular formula is C6H12N2O2. The van der Waals surface area contributed by atoms with E-state index in [9.17, 15) is 9.59 Å². The normalized spacial score (nSPS) is 16.0. The van der Waals surface area contributed by atoms with Gasteiger partial charge < -0.3 is 11.5 Å². The number of Topliss-reactive ketones (excluding diaryl/α,β-unsaturated/α-hetero) is 2. The third kappa shape index (κ3) is 2.24. The summed E-state index contributed by atoms with van der Waals surface area (Å²) in [5.41, 5.74) is 10.3. The lowest BCUT2D eigenvalue weighted by Crippen LogP contribution is -2.41. The van der Waals surface area contributed by atoms with E-state index in [2.05, 4.69) is 0 Å². The van der Waals surface area contributed by atoms with E-state index in [0.717, 1.165) is 0 Å². The Morgan fingerprint density at radius 2 is 1.20 bits per heavy atom. The Bertz CT molecular complexity index is 134. The molecule has 58 valence electrons. The summed E-state index contributed by atoms with van der Waals surface area (Å²) in [6, 6.07) is -1.48. The van der Waals surface area contributed by atoms with Gasteiger partial charge in [0.15, 0.2) is 0 Å². The molecule has 4 heteroatoms. The van der Waals surface area contributed by atoms with E-state index >= 15 is 0 Å². The van der Waals surface area contributed by atoms with E-state index in [4.69, 9.17) is 11.5 Å². The van der Waals surface area contributed by atoms with Crippen LogP contribution in [0.1, 0.15) is 13.8 Å². The van der Waals surface area contributed by atoms with Gasteiger partial charge in [0.1, 0.15) is 0 Å². The van der Waals surface area contributed by atoms with E-state index in [1.54, 1.807) is 0 Å². The van der Waals surface area contributed by atoms with Gasteiger partial charge in [-0.05, 0) is 13.8 Å². The maximum absolute atomic E-state index is 10.7. The Kier molecular flexibility index (Phi) is 3.18. The SMILES string of the molecule is C[C@H](N)C(=O)C(=O)[C@H](C)N. The molecule has 0 radical (unpaired) electrons. The Hall–Kier alpha value is -0.740. The largest absolute Gasteiger partial charge is 0.321 e. The molecule has 0 aromatic carbocycles. The highest BCUT2D eigenvalue weighted by atomic mass is 16.2. The van der Waals surface area contributed by atoms with Crippen LogP contribution >= 0.6 is 0 Å². The summed E-state index contributed by atoms with van der Waals surface area (Å²) in [6.07, 6.45) is 0. The highest BCUT2D eigenvalue weighted by Gasteiger charge is 2.20. The second-order valence-electron chi connectivity index (χ2n) is 2.31. The highest BCUT2D eigenvalue weighted by molar-refractivity contribution is 6.40. The zero-order valence-corrected chi connectivity index (χ0v) is 6.13. The average molecular weight is 144 g/mol. The van der Waals surface area contributed by atoms with Crippen molar-refractivity contribution in [1.29, 1.82) is 0 Å². The van der Waals surface area contributed by atoms with Crippen LogP contribution in [0.2, 0.25) is 0 Å². The smallest absolute Gasteiger partial charge is 0.216 e. The lowest BCUT2D eigenvalue weighted by atomic mass is 10.1. The van der Waals surface area contributed by atoms with Gasteiger partial charge >= 0.3 is 0 Å². The first-order chi connectivity index (χ1) is 4.46. The van der Waals surface area contributed by atoms with E-state index in [1.165, 1.54) is 13.8 Å². The van der Waals surface area contributed by atoms with Gasteiger partial charge in [0.05, 0.1) is 12.1 Å². The fourth-order valence-corrected chi connectivity index (χ4v) is 0.449. The van der Waals surface area contributed by atoms with E-state index in [0.29, 0.717) is 0 Å². The standard InChI is InChI=1S/C6H12N2O2/c1-3(7)5(9)6(10)4(2)8/h3-4H,7-8H2,1-2H3/t3-,4-/m0/s1. The molecule has 0 amide bonds. The quantitative estimate of drug-likeness (QED) is 0.488. The van der Waals surface area contributed by atoms with Crippen LogP contribution in [0.15, 0.2) is 0 Å². The molecule has 0 aromatic rings. The predicted molar refractivity (Wildman–Crippen MR) is 37.3 cm³/mol. The molecule has 0 saturated heterocycles. The van der Waals surface area contributed by atoms with Gasteiger partial charge in [-0.2, -0.15) is 0 Å². The van der Waals surface area contributed by atoms with Crippen molar-refractivity contribution in [2.75, 3.05) is 0 Å². The van der Waals surface area contributed by atoms with Gasteiger partial charge in [-0.25, -0.2) is 0 Å². The van der Waals surface area contributed by atoms with E-state index < -0.39 is 23.7 Å². The monoisotopic (exact) mass is 144 g/mol. The molecule has 0 unspecified atom stereocenters. The minimum atomic E-state index is -0.738. The maximum atomic E-state index is 10.7. The second-order valence-corrected chi connectivity index (χ2v) is 2.31. The molecule has 0 bridgehead atoms. The Morgan fingerprint density at radius 1 is 1.00 bits per heavy atom. The molecule has 0 aliphatic carbocycles. The van der Waals surface area contributed by atoms with Crippen molar-refractivity contribution >= 4 is 11.6 Å². The summed E-state index contributed by atoms with van der Waals surface area (Å²) in [5.74, 6) is -1.20. The number of rotatable bonds is 3. The minimum Gasteiger partial charge on any atom is -0.321 e. The lowest BCUT2D eigenvalue weighted by molar-refractivity contribution is -0.137. The Balaban J connectivity index is 4.10. The molecule has 0 heterocycles. The summed E-state index contributed by atoms with van der Waals surface area (Å²) in [4.78, 5) is 21.5. The van der Waals surface area contributed by atoms with Crippen molar-refractivity contribution in [3.63, 3.8) is 0 Å². The number of carbonyl (C=O) groups excluding carboxylic acids is 2. The Labute approximate surface area is 59.6 Å². The highest BCUT2D eigenvalue weighted by Crippen LogP contribution is 1.86. The fraction of sp³-hybridized carbons (Fsp3) is 0.667. The zero-order valence-electron chi connectivity index (χ0n) is 6.13. The average Bonchev–Trinajstić information content (AvgIpc) is 1.84. The molecule has 0 aliphatic rings. The van der Waals surface area contributed by atoms with Gasteiger partial charge in [-0.15, -0.1) is 0 Å². The van der Waals surface area contributed by atoms with Crippen LogP contribution < -0.4 is 11.5 Å². The third-order valence-electron chi connectivity index (χ3n) is 1.07. The molecule has 0 rings (SSSR count). The van der Waals surface area contributed by atoms with Crippen molar-refractivity contribution in [1.82, 2.24) is 0 Å². The molecule has 2 atom stereocenters. The van der Waals surface area contributed by atoms with Crippen LogP contribution in [-0.2, 0) is 9.59 Å². The maximum Gasteiger partial charge on any atom is 0.216 e. The number of ketones is 2. The lowest BCUT2D eigenvalue weighted by Gasteiger charge is -2.04. The van der Waals surface area contributed by atoms with Crippen LogP contribution in [-0.4, -0.2) is 23.7 Å². The first-order valence-electron chi connectivity index (χ1n) is 3.06. The summed E-state index contributed by atoms with van der Waals surface area (Å²) in [5, 5.41) is 0. The molecule has 0 spiro atoms. The summed E-state index contributed by atoms with van der Waals surface area (Å²) < 4.78 is 0. The van der Waals surface area contributed by atoms with Crippen molar-refractivity contribution < 1.29 is 9.59 Å². The van der Waals surface area contributed by atoms with Crippen LogP contribution in [0.5, 0.6) is 0 Å². The van der Waals surface area contributed by atoms with E-state index in [1.807, 2.05) is 0 Å². The molecule has 0 saturated carbocycles. The fourth-order valence-electron chi connectivity index (χ4n) is 0.449. The topological polar surface area (TPSA) is 86.2 Å². The number of hydrogen-bond acceptors (Lipinski definition) is 4. The summed E-state index contributed by atoms with van der Waals surface area (Å²) in [6.45, 7) is 2.92. The van der Waals surface area contributed by atoms with Gasteiger partial charge in [0, 0.05) is 0 Å². The van der Waals surface area contributed by atoms with Gasteiger partial charge in [0.2, 0.25) is 11.6 Å². The molecule has 0 aromatic heterocycles. The first-order valence-corrected chi connectivity index (χ1v) is 3.06. The van der Waals surface area contributed by atoms with Crippen molar-refractivity contribution in [2.24, 2.45) is 11.5 Å². The summed E-state index contributed by atoms with van der Waals surface area (Å²) >= 11 is 0. The van der Waals surface area contributed by atoms with Gasteiger partial charge in [0.25, 0.3) is 0 Å². The second kappa shape index (κ2) is 3.43. The molecule has 4 N–H and O–H groups in total. The molecule has 4 nitrogen and oxygen atoms in total. The van der Waals surface area contributed by atoms with E-state index in [-0.39, 0.29) is 0 Å². The van der Waals surface area contributed by atoms with Crippen LogP contribution in [0.4, 0.5) is 0 Å². The predicted octanol–water partition coefficient (Wildman–Crippen LogP) is -1.18. The van der Waals surface area contributed by atoms with Crippen molar-refractivity contribution in [3.05, 3.63) is 0 Å². The summed E-state index contributed by atoms with van der Waals surface area (Å²) in [7, 11) is 0. The number of hydrogen-bond donors (Lipinski definition) is 2. The first kappa shape index (κ1) is 9.26. The zero-order chi connectivity index (χ0) is 8.31. The third-order valence-corrected chi connectivity index (χ3v) is 1.07. The van der Waals surface area contributed by atoms with Crippen LogP contribution in [0, 0.1) is 0 Å². The molecule has 0 fully saturated rings. The van der Waals surface area contributed by atoms with Crippen molar-refractivity contribution in [2.45, 2.75) is 25.9 Å². The Morgan fingerprint density at radius 3 is 1.30 bits per heavy atom. The van der Waals surface area contributed by atoms with Crippen LogP contribution in [0.25, 0.3) is 0 Å². The van der Waals surface area contributed by atoms with Gasteiger partial charge in [-0.1, -0.05) is 0 Å². The van der Waals surface area contributed by atoms with Crippen LogP contribution in [0.3, 0.4) is 0 Å². The molecular weight excluding hydrogens is 132 g/mol. The van der Waals surface area contributed by atoms with Crippen molar-refractivity contribution in [3.8, 4) is 0 Å². The van der Waals surface area contributed by atoms with Gasteiger partial charge in [-0.3, -0.25) is 9.59 Å².